The fraction of sp³-hybridized carbons (Fsp3) is 0.150. The van der Waals surface area contributed by atoms with Crippen molar-refractivity contribution < 1.29 is 4.79 Å². The molecule has 1 aromatic heterocycles. The fourth-order valence-corrected chi connectivity index (χ4v) is 2.70. The number of anilines is 1. The SMILES string of the molecule is Cc1nn(Cc2ccccc2)c(C)c1NC(=O)c1cccc(C#N)c1. The maximum Gasteiger partial charge on any atom is 0.255 e. The molecule has 25 heavy (non-hydrogen) atoms. The number of hydrogen-bond donors (Lipinski definition) is 1. The van der Waals surface area contributed by atoms with Crippen molar-refractivity contribution in [3.8, 4) is 6.07 Å². The van der Waals surface area contributed by atoms with E-state index in [1.165, 1.54) is 0 Å². The Morgan fingerprint density at radius 1 is 1.16 bits per heavy atom. The van der Waals surface area contributed by atoms with Crippen molar-refractivity contribution in [3.05, 3.63) is 82.7 Å². The first-order chi connectivity index (χ1) is 12.1. The number of nitrogens with one attached hydrogen (secondary N) is 1. The largest absolute Gasteiger partial charge is 0.319 e. The third-order valence-electron chi connectivity index (χ3n) is 4.05. The van der Waals surface area contributed by atoms with Crippen LogP contribution >= 0.6 is 0 Å². The molecule has 2 aromatic carbocycles. The summed E-state index contributed by atoms with van der Waals surface area (Å²) in [7, 11) is 0. The molecule has 0 unspecified atom stereocenters. The highest BCUT2D eigenvalue weighted by Crippen LogP contribution is 2.21. The molecule has 0 atom stereocenters. The third-order valence-corrected chi connectivity index (χ3v) is 4.05. The lowest BCUT2D eigenvalue weighted by Crippen LogP contribution is -2.13. The highest BCUT2D eigenvalue weighted by Gasteiger charge is 2.15. The van der Waals surface area contributed by atoms with Crippen LogP contribution in [0.1, 0.15) is 32.9 Å². The zero-order valence-electron chi connectivity index (χ0n) is 14.2. The number of nitrogens with zero attached hydrogens (tertiary/aromatic N) is 3. The monoisotopic (exact) mass is 330 g/mol. The van der Waals surface area contributed by atoms with Gasteiger partial charge in [-0.25, -0.2) is 0 Å². The van der Waals surface area contributed by atoms with Gasteiger partial charge in [-0.05, 0) is 37.6 Å². The van der Waals surface area contributed by atoms with E-state index in [-0.39, 0.29) is 5.91 Å². The van der Waals surface area contributed by atoms with Crippen molar-refractivity contribution >= 4 is 11.6 Å². The van der Waals surface area contributed by atoms with Crippen molar-refractivity contribution in [2.75, 3.05) is 5.32 Å². The minimum absolute atomic E-state index is 0.248. The molecule has 0 saturated heterocycles. The average molecular weight is 330 g/mol. The summed E-state index contributed by atoms with van der Waals surface area (Å²) in [5, 5.41) is 16.4. The molecule has 124 valence electrons. The summed E-state index contributed by atoms with van der Waals surface area (Å²) in [4.78, 5) is 12.5. The number of carbonyl (C=O) groups is 1. The van der Waals surface area contributed by atoms with E-state index < -0.39 is 0 Å². The molecule has 3 rings (SSSR count). The lowest BCUT2D eigenvalue weighted by Gasteiger charge is -2.07. The molecule has 0 saturated carbocycles. The quantitative estimate of drug-likeness (QED) is 0.793. The van der Waals surface area contributed by atoms with E-state index in [0.29, 0.717) is 23.4 Å². The number of hydrogen-bond acceptors (Lipinski definition) is 3. The molecule has 0 fully saturated rings. The second-order valence-electron chi connectivity index (χ2n) is 5.84. The van der Waals surface area contributed by atoms with E-state index in [4.69, 9.17) is 5.26 Å². The van der Waals surface area contributed by atoms with Crippen molar-refractivity contribution in [2.45, 2.75) is 20.4 Å². The van der Waals surface area contributed by atoms with Gasteiger partial charge in [-0.3, -0.25) is 9.48 Å². The lowest BCUT2D eigenvalue weighted by molar-refractivity contribution is 0.102. The third kappa shape index (κ3) is 3.59. The van der Waals surface area contributed by atoms with E-state index >= 15 is 0 Å². The highest BCUT2D eigenvalue weighted by atomic mass is 16.1. The summed E-state index contributed by atoms with van der Waals surface area (Å²) in [5.74, 6) is -0.248. The van der Waals surface area contributed by atoms with Crippen molar-refractivity contribution in [3.63, 3.8) is 0 Å². The number of rotatable bonds is 4. The van der Waals surface area contributed by atoms with Gasteiger partial charge in [0.15, 0.2) is 0 Å². The molecule has 0 aliphatic heterocycles. The molecule has 0 spiro atoms. The average Bonchev–Trinajstić information content (AvgIpc) is 2.90. The highest BCUT2D eigenvalue weighted by molar-refractivity contribution is 6.05. The number of aromatic nitrogens is 2. The Kier molecular flexibility index (Phi) is 4.62. The van der Waals surface area contributed by atoms with Gasteiger partial charge in [-0.15, -0.1) is 0 Å². The molecule has 0 radical (unpaired) electrons. The summed E-state index contributed by atoms with van der Waals surface area (Å²) in [6, 6.07) is 18.7. The Bertz CT molecular complexity index is 952. The Labute approximate surface area is 146 Å². The molecule has 0 aliphatic carbocycles. The summed E-state index contributed by atoms with van der Waals surface area (Å²) < 4.78 is 1.88. The van der Waals surface area contributed by atoms with Crippen LogP contribution in [0, 0.1) is 25.2 Å². The summed E-state index contributed by atoms with van der Waals surface area (Å²) in [6.07, 6.45) is 0. The van der Waals surface area contributed by atoms with Gasteiger partial charge < -0.3 is 5.32 Å². The van der Waals surface area contributed by atoms with Gasteiger partial charge in [-0.1, -0.05) is 36.4 Å². The van der Waals surface area contributed by atoms with E-state index in [9.17, 15) is 4.79 Å². The van der Waals surface area contributed by atoms with Gasteiger partial charge in [0.05, 0.1) is 35.3 Å². The van der Waals surface area contributed by atoms with Crippen molar-refractivity contribution in [1.82, 2.24) is 9.78 Å². The maximum atomic E-state index is 12.5. The van der Waals surface area contributed by atoms with Crippen LogP contribution in [0.25, 0.3) is 0 Å². The Morgan fingerprint density at radius 3 is 2.64 bits per heavy atom. The van der Waals surface area contributed by atoms with Gasteiger partial charge >= 0.3 is 0 Å². The Morgan fingerprint density at radius 2 is 1.92 bits per heavy atom. The van der Waals surface area contributed by atoms with Crippen LogP contribution in [-0.2, 0) is 6.54 Å². The van der Waals surface area contributed by atoms with E-state index in [1.54, 1.807) is 24.3 Å². The van der Waals surface area contributed by atoms with Gasteiger partial charge in [-0.2, -0.15) is 10.4 Å². The molecule has 5 heteroatoms. The topological polar surface area (TPSA) is 70.7 Å². The molecule has 0 bridgehead atoms. The Hall–Kier alpha value is -3.39. The van der Waals surface area contributed by atoms with Crippen LogP contribution in [-0.4, -0.2) is 15.7 Å². The minimum Gasteiger partial charge on any atom is -0.319 e. The second kappa shape index (κ2) is 7.02. The molecular weight excluding hydrogens is 312 g/mol. The summed E-state index contributed by atoms with van der Waals surface area (Å²) >= 11 is 0. The van der Waals surface area contributed by atoms with Gasteiger partial charge in [0.25, 0.3) is 5.91 Å². The first-order valence-corrected chi connectivity index (χ1v) is 7.98. The molecule has 1 heterocycles. The first-order valence-electron chi connectivity index (χ1n) is 7.98. The molecule has 5 nitrogen and oxygen atoms in total. The van der Waals surface area contributed by atoms with E-state index in [2.05, 4.69) is 10.4 Å². The van der Waals surface area contributed by atoms with Crippen LogP contribution in [0.15, 0.2) is 54.6 Å². The normalized spacial score (nSPS) is 10.3. The number of aryl methyl sites for hydroxylation is 1. The summed E-state index contributed by atoms with van der Waals surface area (Å²) in [5.41, 5.74) is 4.43. The second-order valence-corrected chi connectivity index (χ2v) is 5.84. The number of carbonyl (C=O) groups excluding carboxylic acids is 1. The van der Waals surface area contributed by atoms with Crippen LogP contribution in [0.5, 0.6) is 0 Å². The van der Waals surface area contributed by atoms with Crippen LogP contribution < -0.4 is 5.32 Å². The Balaban J connectivity index is 1.83. The fourth-order valence-electron chi connectivity index (χ4n) is 2.70. The van der Waals surface area contributed by atoms with Gasteiger partial charge in [0.1, 0.15) is 0 Å². The maximum absolute atomic E-state index is 12.5. The molecule has 0 aliphatic rings. The molecule has 3 aromatic rings. The van der Waals surface area contributed by atoms with Crippen molar-refractivity contribution in [2.24, 2.45) is 0 Å². The predicted molar refractivity (Wildman–Crippen MR) is 96.4 cm³/mol. The molecular formula is C20H18N4O. The van der Waals surface area contributed by atoms with E-state index in [1.807, 2.05) is 54.9 Å². The van der Waals surface area contributed by atoms with Gasteiger partial charge in [0.2, 0.25) is 0 Å². The van der Waals surface area contributed by atoms with Crippen molar-refractivity contribution in [1.29, 1.82) is 5.26 Å². The standard InChI is InChI=1S/C20H18N4O/c1-14-19(22-20(25)18-10-6-9-17(11-18)12-21)15(2)24(23-14)13-16-7-4-3-5-8-16/h3-11H,13H2,1-2H3,(H,22,25). The zero-order valence-corrected chi connectivity index (χ0v) is 14.2. The van der Waals surface area contributed by atoms with Crippen LogP contribution in [0.4, 0.5) is 5.69 Å². The number of nitriles is 1. The first kappa shape index (κ1) is 16.5. The van der Waals surface area contributed by atoms with Crippen LogP contribution in [0.3, 0.4) is 0 Å². The van der Waals surface area contributed by atoms with Crippen LogP contribution in [0.2, 0.25) is 0 Å². The number of amides is 1. The predicted octanol–water partition coefficient (Wildman–Crippen LogP) is 3.67. The van der Waals surface area contributed by atoms with E-state index in [0.717, 1.165) is 17.0 Å². The van der Waals surface area contributed by atoms with Gasteiger partial charge in [0, 0.05) is 5.56 Å². The summed E-state index contributed by atoms with van der Waals surface area (Å²) in [6.45, 7) is 4.45. The zero-order chi connectivity index (χ0) is 17.8. The minimum atomic E-state index is -0.248. The number of benzene rings is 2. The smallest absolute Gasteiger partial charge is 0.255 e. The molecule has 1 N–H and O–H groups in total. The molecule has 1 amide bonds. The lowest BCUT2D eigenvalue weighted by atomic mass is 10.1.